The summed E-state index contributed by atoms with van der Waals surface area (Å²) in [5.41, 5.74) is 2.26. The Morgan fingerprint density at radius 1 is 0.970 bits per heavy atom. The van der Waals surface area contributed by atoms with Gasteiger partial charge in [0.2, 0.25) is 11.8 Å². The molecule has 0 spiro atoms. The highest BCUT2D eigenvalue weighted by molar-refractivity contribution is 5.79. The highest BCUT2D eigenvalue weighted by Gasteiger charge is 2.23. The molecular formula is C27H37N3O3. The molecule has 3 rings (SSSR count). The van der Waals surface area contributed by atoms with Crippen molar-refractivity contribution in [3.05, 3.63) is 65.7 Å². The van der Waals surface area contributed by atoms with Gasteiger partial charge in [-0.25, -0.2) is 0 Å². The molecule has 1 atom stereocenters. The Morgan fingerprint density at radius 3 is 2.36 bits per heavy atom. The van der Waals surface area contributed by atoms with E-state index < -0.39 is 0 Å². The van der Waals surface area contributed by atoms with Crippen molar-refractivity contribution in [3.63, 3.8) is 0 Å². The first kappa shape index (κ1) is 24.8. The molecule has 1 heterocycles. The van der Waals surface area contributed by atoms with E-state index in [1.165, 1.54) is 0 Å². The van der Waals surface area contributed by atoms with Gasteiger partial charge < -0.3 is 15.0 Å². The van der Waals surface area contributed by atoms with Gasteiger partial charge in [-0.3, -0.25) is 14.5 Å². The van der Waals surface area contributed by atoms with Crippen LogP contribution in [-0.2, 0) is 16.0 Å². The predicted octanol–water partition coefficient (Wildman–Crippen LogP) is 3.68. The first-order valence-corrected chi connectivity index (χ1v) is 11.9. The van der Waals surface area contributed by atoms with Crippen LogP contribution in [0.15, 0.2) is 54.6 Å². The summed E-state index contributed by atoms with van der Waals surface area (Å²) >= 11 is 0. The molecule has 2 aromatic carbocycles. The highest BCUT2D eigenvalue weighted by atomic mass is 16.5. The van der Waals surface area contributed by atoms with Crippen molar-refractivity contribution >= 4 is 11.8 Å². The molecule has 178 valence electrons. The normalized spacial score (nSPS) is 15.7. The van der Waals surface area contributed by atoms with Gasteiger partial charge in [-0.2, -0.15) is 0 Å². The molecule has 2 aromatic rings. The zero-order valence-corrected chi connectivity index (χ0v) is 20.1. The van der Waals surface area contributed by atoms with E-state index in [-0.39, 0.29) is 17.9 Å². The molecular weight excluding hydrogens is 414 g/mol. The van der Waals surface area contributed by atoms with E-state index >= 15 is 0 Å². The molecule has 1 saturated heterocycles. The maximum Gasteiger partial charge on any atom is 0.234 e. The Labute approximate surface area is 197 Å². The number of carbonyl (C=O) groups is 2. The van der Waals surface area contributed by atoms with Gasteiger partial charge in [0.15, 0.2) is 0 Å². The second-order valence-electron chi connectivity index (χ2n) is 9.06. The zero-order valence-electron chi connectivity index (χ0n) is 20.1. The van der Waals surface area contributed by atoms with Gasteiger partial charge in [0.1, 0.15) is 5.75 Å². The standard InChI is InChI=1S/C27H37N3O3/c1-21(2)27(23-8-5-4-6-9-23)28-25(31)20-29-16-7-17-30(19-18-29)26(32)15-12-22-10-13-24(33-3)14-11-22/h4-6,8-11,13-14,21,27H,7,12,15-20H2,1-3H3,(H,28,31). The lowest BCUT2D eigenvalue weighted by molar-refractivity contribution is -0.131. The topological polar surface area (TPSA) is 61.9 Å². The molecule has 33 heavy (non-hydrogen) atoms. The fraction of sp³-hybridized carbons (Fsp3) is 0.481. The molecule has 0 radical (unpaired) electrons. The summed E-state index contributed by atoms with van der Waals surface area (Å²) in [6.07, 6.45) is 2.11. The summed E-state index contributed by atoms with van der Waals surface area (Å²) < 4.78 is 5.19. The summed E-state index contributed by atoms with van der Waals surface area (Å²) in [7, 11) is 1.65. The van der Waals surface area contributed by atoms with E-state index in [1.807, 2.05) is 47.4 Å². The summed E-state index contributed by atoms with van der Waals surface area (Å²) in [5.74, 6) is 1.35. The summed E-state index contributed by atoms with van der Waals surface area (Å²) in [6, 6.07) is 18.0. The number of hydrogen-bond donors (Lipinski definition) is 1. The summed E-state index contributed by atoms with van der Waals surface area (Å²) in [5, 5.41) is 3.21. The van der Waals surface area contributed by atoms with Crippen LogP contribution >= 0.6 is 0 Å². The SMILES string of the molecule is COc1ccc(CCC(=O)N2CCCN(CC(=O)NC(c3ccccc3)C(C)C)CC2)cc1. The maximum absolute atomic E-state index is 12.8. The lowest BCUT2D eigenvalue weighted by atomic mass is 9.96. The minimum absolute atomic E-state index is 0.00158. The molecule has 0 aromatic heterocycles. The number of amides is 2. The minimum Gasteiger partial charge on any atom is -0.497 e. The molecule has 0 bridgehead atoms. The molecule has 6 nitrogen and oxygen atoms in total. The highest BCUT2D eigenvalue weighted by Crippen LogP contribution is 2.21. The van der Waals surface area contributed by atoms with Gasteiger partial charge in [0, 0.05) is 32.6 Å². The van der Waals surface area contributed by atoms with Crippen LogP contribution in [0.2, 0.25) is 0 Å². The first-order chi connectivity index (χ1) is 16.0. The third-order valence-electron chi connectivity index (χ3n) is 6.24. The van der Waals surface area contributed by atoms with E-state index in [0.717, 1.165) is 49.4 Å². The molecule has 0 aliphatic carbocycles. The van der Waals surface area contributed by atoms with Crippen LogP contribution in [0, 0.1) is 5.92 Å². The zero-order chi connectivity index (χ0) is 23.6. The van der Waals surface area contributed by atoms with E-state index in [9.17, 15) is 9.59 Å². The van der Waals surface area contributed by atoms with Crippen LogP contribution < -0.4 is 10.1 Å². The summed E-state index contributed by atoms with van der Waals surface area (Å²) in [4.78, 5) is 29.7. The minimum atomic E-state index is 0.00158. The Kier molecular flexibility index (Phi) is 9.31. The molecule has 2 amide bonds. The van der Waals surface area contributed by atoms with Gasteiger partial charge in [-0.05, 0) is 42.0 Å². The lowest BCUT2D eigenvalue weighted by Gasteiger charge is -2.26. The molecule has 1 N–H and O–H groups in total. The van der Waals surface area contributed by atoms with Crippen molar-refractivity contribution < 1.29 is 14.3 Å². The number of aryl methyl sites for hydroxylation is 1. The van der Waals surface area contributed by atoms with Crippen LogP contribution in [0.5, 0.6) is 5.75 Å². The largest absolute Gasteiger partial charge is 0.497 e. The molecule has 0 saturated carbocycles. The second kappa shape index (κ2) is 12.4. The van der Waals surface area contributed by atoms with Crippen LogP contribution in [0.3, 0.4) is 0 Å². The number of methoxy groups -OCH3 is 1. The number of carbonyl (C=O) groups excluding carboxylic acids is 2. The Hall–Kier alpha value is -2.86. The average Bonchev–Trinajstić information content (AvgIpc) is 3.07. The van der Waals surface area contributed by atoms with Crippen molar-refractivity contribution in [2.24, 2.45) is 5.92 Å². The third-order valence-corrected chi connectivity index (χ3v) is 6.24. The van der Waals surface area contributed by atoms with Crippen molar-refractivity contribution in [3.8, 4) is 5.75 Å². The molecule has 1 aliphatic rings. The molecule has 1 unspecified atom stereocenters. The van der Waals surface area contributed by atoms with Gasteiger partial charge in [-0.1, -0.05) is 56.3 Å². The Bertz CT molecular complexity index is 883. The first-order valence-electron chi connectivity index (χ1n) is 11.9. The molecule has 6 heteroatoms. The summed E-state index contributed by atoms with van der Waals surface area (Å²) in [6.45, 7) is 7.58. The van der Waals surface area contributed by atoms with Crippen LogP contribution in [0.1, 0.15) is 43.9 Å². The number of hydrogen-bond acceptors (Lipinski definition) is 4. The fourth-order valence-electron chi connectivity index (χ4n) is 4.30. The van der Waals surface area contributed by atoms with Gasteiger partial charge >= 0.3 is 0 Å². The number of nitrogens with one attached hydrogen (secondary N) is 1. The van der Waals surface area contributed by atoms with Crippen LogP contribution in [0.4, 0.5) is 0 Å². The number of nitrogens with zero attached hydrogens (tertiary/aromatic N) is 2. The van der Waals surface area contributed by atoms with Gasteiger partial charge in [-0.15, -0.1) is 0 Å². The van der Waals surface area contributed by atoms with E-state index in [2.05, 4.69) is 36.2 Å². The quantitative estimate of drug-likeness (QED) is 0.632. The smallest absolute Gasteiger partial charge is 0.234 e. The second-order valence-corrected chi connectivity index (χ2v) is 9.06. The van der Waals surface area contributed by atoms with Crippen LogP contribution in [0.25, 0.3) is 0 Å². The Balaban J connectivity index is 1.45. The van der Waals surface area contributed by atoms with Crippen molar-refractivity contribution in [2.75, 3.05) is 39.8 Å². The van der Waals surface area contributed by atoms with Gasteiger partial charge in [0.25, 0.3) is 0 Å². The lowest BCUT2D eigenvalue weighted by Crippen LogP contribution is -2.42. The number of rotatable bonds is 9. The van der Waals surface area contributed by atoms with Crippen molar-refractivity contribution in [1.29, 1.82) is 0 Å². The monoisotopic (exact) mass is 451 g/mol. The van der Waals surface area contributed by atoms with E-state index in [0.29, 0.717) is 25.4 Å². The number of benzene rings is 2. The number of ether oxygens (including phenoxy) is 1. The van der Waals surface area contributed by atoms with Gasteiger partial charge in [0.05, 0.1) is 19.7 Å². The van der Waals surface area contributed by atoms with Crippen LogP contribution in [-0.4, -0.2) is 61.4 Å². The Morgan fingerprint density at radius 2 is 1.70 bits per heavy atom. The van der Waals surface area contributed by atoms with E-state index in [1.54, 1.807) is 7.11 Å². The molecule has 1 aliphatic heterocycles. The average molecular weight is 452 g/mol. The maximum atomic E-state index is 12.8. The molecule has 1 fully saturated rings. The third kappa shape index (κ3) is 7.60. The van der Waals surface area contributed by atoms with E-state index in [4.69, 9.17) is 4.74 Å². The van der Waals surface area contributed by atoms with Crippen molar-refractivity contribution in [1.82, 2.24) is 15.1 Å². The van der Waals surface area contributed by atoms with Crippen molar-refractivity contribution in [2.45, 2.75) is 39.2 Å². The predicted molar refractivity (Wildman–Crippen MR) is 131 cm³/mol. The fourth-order valence-corrected chi connectivity index (χ4v) is 4.30.